The number of rotatable bonds is 1. The van der Waals surface area contributed by atoms with Crippen LogP contribution in [0.4, 0.5) is 0 Å². The van der Waals surface area contributed by atoms with Crippen molar-refractivity contribution in [1.82, 2.24) is 10.2 Å². The maximum atomic E-state index is 3.41. The number of nitrogens with one attached hydrogen (secondary N) is 1. The minimum absolute atomic E-state index is 0.710. The topological polar surface area (TPSA) is 15.3 Å². The summed E-state index contributed by atoms with van der Waals surface area (Å²) in [5.41, 5.74) is 0.710. The van der Waals surface area contributed by atoms with Crippen molar-refractivity contribution in [3.8, 4) is 0 Å². The van der Waals surface area contributed by atoms with Gasteiger partial charge >= 0.3 is 0 Å². The van der Waals surface area contributed by atoms with Gasteiger partial charge in [-0.05, 0) is 58.2 Å². The third-order valence-corrected chi connectivity index (χ3v) is 4.08. The first kappa shape index (κ1) is 9.47. The third kappa shape index (κ3) is 1.89. The summed E-state index contributed by atoms with van der Waals surface area (Å²) in [5, 5.41) is 3.41. The average molecular weight is 182 g/mol. The molecule has 0 bridgehead atoms. The lowest BCUT2D eigenvalue weighted by Gasteiger charge is -2.37. The molecule has 1 aliphatic carbocycles. The Kier molecular flexibility index (Phi) is 2.61. The zero-order chi connectivity index (χ0) is 9.31. The summed E-state index contributed by atoms with van der Waals surface area (Å²) in [6.45, 7) is 2.67. The molecule has 0 unspecified atom stereocenters. The fraction of sp³-hybridized carbons (Fsp3) is 1.00. The molecule has 76 valence electrons. The highest BCUT2D eigenvalue weighted by molar-refractivity contribution is 4.93. The molecule has 0 amide bonds. The Morgan fingerprint density at radius 2 is 1.92 bits per heavy atom. The van der Waals surface area contributed by atoms with Gasteiger partial charge in [0.05, 0.1) is 0 Å². The van der Waals surface area contributed by atoms with Gasteiger partial charge in [-0.1, -0.05) is 0 Å². The first-order valence-electron chi connectivity index (χ1n) is 5.60. The summed E-state index contributed by atoms with van der Waals surface area (Å²) in [6, 6.07) is 0.802. The van der Waals surface area contributed by atoms with Crippen LogP contribution in [0.3, 0.4) is 0 Å². The monoisotopic (exact) mass is 182 g/mol. The summed E-state index contributed by atoms with van der Waals surface area (Å²) < 4.78 is 0. The fourth-order valence-electron chi connectivity index (χ4n) is 3.09. The van der Waals surface area contributed by atoms with E-state index in [-0.39, 0.29) is 0 Å². The second-order valence-electron chi connectivity index (χ2n) is 5.05. The van der Waals surface area contributed by atoms with E-state index in [2.05, 4.69) is 24.3 Å². The van der Waals surface area contributed by atoms with Crippen molar-refractivity contribution in [3.63, 3.8) is 0 Å². The SMILES string of the molecule is CNC1CCC2(CC1)CCN(C)C2. The molecule has 0 radical (unpaired) electrons. The Morgan fingerprint density at radius 3 is 2.38 bits per heavy atom. The molecule has 0 atom stereocenters. The molecule has 1 aliphatic heterocycles. The first-order chi connectivity index (χ1) is 6.24. The first-order valence-corrected chi connectivity index (χ1v) is 5.60. The van der Waals surface area contributed by atoms with Gasteiger partial charge < -0.3 is 10.2 Å². The molecular formula is C11H22N2. The Labute approximate surface area is 81.7 Å². The van der Waals surface area contributed by atoms with Gasteiger partial charge in [0.15, 0.2) is 0 Å². The molecule has 1 N–H and O–H groups in total. The Bertz CT molecular complexity index is 171. The van der Waals surface area contributed by atoms with E-state index < -0.39 is 0 Å². The molecule has 2 rings (SSSR count). The summed E-state index contributed by atoms with van der Waals surface area (Å²) >= 11 is 0. The minimum atomic E-state index is 0.710. The lowest BCUT2D eigenvalue weighted by Crippen LogP contribution is -2.37. The molecule has 1 saturated heterocycles. The fourth-order valence-corrected chi connectivity index (χ4v) is 3.09. The predicted molar refractivity (Wildman–Crippen MR) is 55.9 cm³/mol. The zero-order valence-electron chi connectivity index (χ0n) is 8.97. The lowest BCUT2D eigenvalue weighted by atomic mass is 9.72. The van der Waals surface area contributed by atoms with Gasteiger partial charge in [-0.25, -0.2) is 0 Å². The van der Waals surface area contributed by atoms with Crippen molar-refractivity contribution >= 4 is 0 Å². The lowest BCUT2D eigenvalue weighted by molar-refractivity contribution is 0.172. The quantitative estimate of drug-likeness (QED) is 0.660. The van der Waals surface area contributed by atoms with Crippen molar-refractivity contribution in [1.29, 1.82) is 0 Å². The number of nitrogens with zero attached hydrogens (tertiary/aromatic N) is 1. The van der Waals surface area contributed by atoms with Crippen molar-refractivity contribution < 1.29 is 0 Å². The predicted octanol–water partition coefficient (Wildman–Crippen LogP) is 1.47. The van der Waals surface area contributed by atoms with Crippen LogP contribution in [0.1, 0.15) is 32.1 Å². The standard InChI is InChI=1S/C11H22N2/c1-12-10-3-5-11(6-4-10)7-8-13(2)9-11/h10,12H,3-9H2,1-2H3. The number of hydrogen-bond acceptors (Lipinski definition) is 2. The summed E-state index contributed by atoms with van der Waals surface area (Å²) in [4.78, 5) is 2.50. The van der Waals surface area contributed by atoms with E-state index in [1.165, 1.54) is 45.2 Å². The van der Waals surface area contributed by atoms with Crippen LogP contribution in [0.5, 0.6) is 0 Å². The molecule has 1 saturated carbocycles. The van der Waals surface area contributed by atoms with Crippen LogP contribution < -0.4 is 5.32 Å². The molecule has 2 fully saturated rings. The van der Waals surface area contributed by atoms with Crippen LogP contribution in [-0.2, 0) is 0 Å². The Balaban J connectivity index is 1.90. The molecule has 2 nitrogen and oxygen atoms in total. The third-order valence-electron chi connectivity index (χ3n) is 4.08. The minimum Gasteiger partial charge on any atom is -0.317 e. The van der Waals surface area contributed by atoms with E-state index in [1.54, 1.807) is 0 Å². The van der Waals surface area contributed by atoms with Gasteiger partial charge in [-0.3, -0.25) is 0 Å². The van der Waals surface area contributed by atoms with Crippen LogP contribution in [0.15, 0.2) is 0 Å². The highest BCUT2D eigenvalue weighted by Crippen LogP contribution is 2.43. The second kappa shape index (κ2) is 3.58. The van der Waals surface area contributed by atoms with Gasteiger partial charge in [0.1, 0.15) is 0 Å². The largest absolute Gasteiger partial charge is 0.317 e. The van der Waals surface area contributed by atoms with E-state index in [0.29, 0.717) is 5.41 Å². The van der Waals surface area contributed by atoms with Gasteiger partial charge in [-0.2, -0.15) is 0 Å². The summed E-state index contributed by atoms with van der Waals surface area (Å²) in [6.07, 6.45) is 7.13. The van der Waals surface area contributed by atoms with Crippen LogP contribution >= 0.6 is 0 Å². The molecule has 0 aromatic rings. The van der Waals surface area contributed by atoms with E-state index in [4.69, 9.17) is 0 Å². The average Bonchev–Trinajstić information content (AvgIpc) is 2.49. The van der Waals surface area contributed by atoms with E-state index >= 15 is 0 Å². The Morgan fingerprint density at radius 1 is 1.23 bits per heavy atom. The molecule has 2 heteroatoms. The van der Waals surface area contributed by atoms with Crippen LogP contribution in [0.25, 0.3) is 0 Å². The zero-order valence-corrected chi connectivity index (χ0v) is 8.97. The highest BCUT2D eigenvalue weighted by atomic mass is 15.1. The van der Waals surface area contributed by atoms with Crippen molar-refractivity contribution in [3.05, 3.63) is 0 Å². The van der Waals surface area contributed by atoms with Crippen molar-refractivity contribution in [2.75, 3.05) is 27.2 Å². The van der Waals surface area contributed by atoms with Crippen LogP contribution in [-0.4, -0.2) is 38.1 Å². The van der Waals surface area contributed by atoms with Crippen LogP contribution in [0.2, 0.25) is 0 Å². The smallest absolute Gasteiger partial charge is 0.00644 e. The van der Waals surface area contributed by atoms with Crippen molar-refractivity contribution in [2.45, 2.75) is 38.1 Å². The molecule has 13 heavy (non-hydrogen) atoms. The van der Waals surface area contributed by atoms with Crippen molar-refractivity contribution in [2.24, 2.45) is 5.41 Å². The maximum Gasteiger partial charge on any atom is 0.00644 e. The van der Waals surface area contributed by atoms with Gasteiger partial charge in [0, 0.05) is 12.6 Å². The number of likely N-dealkylation sites (tertiary alicyclic amines) is 1. The van der Waals surface area contributed by atoms with Gasteiger partial charge in [-0.15, -0.1) is 0 Å². The summed E-state index contributed by atoms with van der Waals surface area (Å²) in [7, 11) is 4.36. The normalized spacial score (nSPS) is 41.5. The molecule has 2 aliphatic rings. The maximum absolute atomic E-state index is 3.41. The second-order valence-corrected chi connectivity index (χ2v) is 5.05. The Hall–Kier alpha value is -0.0800. The van der Waals surface area contributed by atoms with Gasteiger partial charge in [0.2, 0.25) is 0 Å². The van der Waals surface area contributed by atoms with Gasteiger partial charge in [0.25, 0.3) is 0 Å². The molecular weight excluding hydrogens is 160 g/mol. The molecule has 1 heterocycles. The molecule has 0 aromatic heterocycles. The van der Waals surface area contributed by atoms with E-state index in [9.17, 15) is 0 Å². The summed E-state index contributed by atoms with van der Waals surface area (Å²) in [5.74, 6) is 0. The van der Waals surface area contributed by atoms with E-state index in [1.807, 2.05) is 0 Å². The highest BCUT2D eigenvalue weighted by Gasteiger charge is 2.39. The number of hydrogen-bond donors (Lipinski definition) is 1. The molecule has 0 aromatic carbocycles. The van der Waals surface area contributed by atoms with E-state index in [0.717, 1.165) is 6.04 Å². The molecule has 1 spiro atoms. The van der Waals surface area contributed by atoms with Crippen LogP contribution in [0, 0.1) is 5.41 Å².